The van der Waals surface area contributed by atoms with Crippen molar-refractivity contribution in [3.8, 4) is 0 Å². The van der Waals surface area contributed by atoms with E-state index in [0.717, 1.165) is 0 Å². The van der Waals surface area contributed by atoms with Gasteiger partial charge in [-0.25, -0.2) is 4.79 Å². The molecule has 3 nitrogen and oxygen atoms in total. The molecular formula is C5H4O3. The molecule has 42 valence electrons. The van der Waals surface area contributed by atoms with Gasteiger partial charge in [0.15, 0.2) is 0 Å². The van der Waals surface area contributed by atoms with E-state index in [4.69, 9.17) is 0 Å². The molecule has 0 amide bonds. The zero-order valence-electron chi connectivity index (χ0n) is 4.30. The molecule has 0 N–H and O–H groups in total. The topological polar surface area (TPSA) is 43.4 Å². The fourth-order valence-electron chi connectivity index (χ4n) is 0.470. The summed E-state index contributed by atoms with van der Waals surface area (Å²) in [5.74, 6) is -0.968. The molecule has 1 aliphatic rings. The summed E-state index contributed by atoms with van der Waals surface area (Å²) in [4.78, 5) is 20.4. The summed E-state index contributed by atoms with van der Waals surface area (Å²) in [7, 11) is 0. The van der Waals surface area contributed by atoms with Gasteiger partial charge in [-0.3, -0.25) is 4.79 Å². The zero-order chi connectivity index (χ0) is 6.15. The number of esters is 1. The van der Waals surface area contributed by atoms with Crippen molar-refractivity contribution in [2.45, 2.75) is 6.92 Å². The van der Waals surface area contributed by atoms with Crippen LogP contribution < -0.4 is 0 Å². The van der Waals surface area contributed by atoms with Crippen LogP contribution in [0.15, 0.2) is 11.8 Å². The molecule has 1 aliphatic heterocycles. The van der Waals surface area contributed by atoms with Crippen LogP contribution in [0.25, 0.3) is 0 Å². The molecule has 0 unspecified atom stereocenters. The molecule has 0 aromatic heterocycles. The van der Waals surface area contributed by atoms with E-state index in [1.807, 2.05) is 0 Å². The maximum Gasteiger partial charge on any atom is 0.384 e. The second-order valence-electron chi connectivity index (χ2n) is 1.51. The van der Waals surface area contributed by atoms with Gasteiger partial charge in [-0.1, -0.05) is 0 Å². The Kier molecular flexibility index (Phi) is 0.901. The van der Waals surface area contributed by atoms with E-state index in [1.54, 1.807) is 6.92 Å². The lowest BCUT2D eigenvalue weighted by Crippen LogP contribution is -2.04. The second kappa shape index (κ2) is 1.43. The van der Waals surface area contributed by atoms with Gasteiger partial charge >= 0.3 is 5.97 Å². The van der Waals surface area contributed by atoms with Crippen molar-refractivity contribution in [1.82, 2.24) is 0 Å². The average molecular weight is 112 g/mol. The predicted molar refractivity (Wildman–Crippen MR) is 24.9 cm³/mol. The molecule has 0 fully saturated rings. The van der Waals surface area contributed by atoms with Crippen LogP contribution in [0, 0.1) is 0 Å². The molecule has 1 rings (SSSR count). The molecule has 8 heavy (non-hydrogen) atoms. The van der Waals surface area contributed by atoms with Gasteiger partial charge in [-0.2, -0.15) is 0 Å². The van der Waals surface area contributed by atoms with E-state index in [-0.39, 0.29) is 0 Å². The molecule has 0 aromatic carbocycles. The van der Waals surface area contributed by atoms with E-state index >= 15 is 0 Å². The van der Waals surface area contributed by atoms with Crippen LogP contribution in [0.2, 0.25) is 0 Å². The average Bonchev–Trinajstić information content (AvgIpc) is 1.85. The first-order chi connectivity index (χ1) is 3.70. The van der Waals surface area contributed by atoms with Gasteiger partial charge in [0.25, 0.3) is 5.78 Å². The number of carbonyl (C=O) groups is 2. The number of carbonyl (C=O) groups excluding carboxylic acids is 2. The highest BCUT2D eigenvalue weighted by Gasteiger charge is 2.20. The number of allylic oxidation sites excluding steroid dienone is 1. The van der Waals surface area contributed by atoms with Gasteiger partial charge in [0.05, 0.1) is 0 Å². The molecule has 0 radical (unpaired) electrons. The molecule has 0 aromatic rings. The van der Waals surface area contributed by atoms with Crippen LogP contribution >= 0.6 is 0 Å². The van der Waals surface area contributed by atoms with E-state index in [1.165, 1.54) is 6.08 Å². The first-order valence-electron chi connectivity index (χ1n) is 2.14. The Bertz CT molecular complexity index is 178. The van der Waals surface area contributed by atoms with Crippen LogP contribution in [0.4, 0.5) is 0 Å². The number of ketones is 1. The first kappa shape index (κ1) is 5.03. The Hall–Kier alpha value is -1.12. The lowest BCUT2D eigenvalue weighted by atomic mass is 10.4. The second-order valence-corrected chi connectivity index (χ2v) is 1.51. The Balaban J connectivity index is 2.85. The SMILES string of the molecule is CC1=CC(=O)C(=O)O1. The summed E-state index contributed by atoms with van der Waals surface area (Å²) in [5.41, 5.74) is 0. The summed E-state index contributed by atoms with van der Waals surface area (Å²) < 4.78 is 4.35. The highest BCUT2D eigenvalue weighted by Crippen LogP contribution is 2.04. The third-order valence-corrected chi connectivity index (χ3v) is 0.789. The molecule has 3 heteroatoms. The Labute approximate surface area is 45.9 Å². The van der Waals surface area contributed by atoms with E-state index in [2.05, 4.69) is 4.74 Å². The largest absolute Gasteiger partial charge is 0.425 e. The fraction of sp³-hybridized carbons (Fsp3) is 0.200. The van der Waals surface area contributed by atoms with Crippen molar-refractivity contribution in [3.63, 3.8) is 0 Å². The number of rotatable bonds is 0. The van der Waals surface area contributed by atoms with Crippen LogP contribution in [0.1, 0.15) is 6.92 Å². The monoisotopic (exact) mass is 112 g/mol. The zero-order valence-corrected chi connectivity index (χ0v) is 4.30. The Morgan fingerprint density at radius 2 is 2.12 bits per heavy atom. The lowest BCUT2D eigenvalue weighted by molar-refractivity contribution is -0.146. The molecule has 0 saturated heterocycles. The maximum atomic E-state index is 10.2. The number of ether oxygens (including phenoxy) is 1. The summed E-state index contributed by atoms with van der Waals surface area (Å²) >= 11 is 0. The van der Waals surface area contributed by atoms with Crippen LogP contribution in [-0.2, 0) is 14.3 Å². The molecule has 0 aliphatic carbocycles. The van der Waals surface area contributed by atoms with Crippen molar-refractivity contribution < 1.29 is 14.3 Å². The van der Waals surface area contributed by atoms with E-state index in [0.29, 0.717) is 5.76 Å². The summed E-state index contributed by atoms with van der Waals surface area (Å²) in [6.07, 6.45) is 1.17. The van der Waals surface area contributed by atoms with Crippen molar-refractivity contribution in [1.29, 1.82) is 0 Å². The third kappa shape index (κ3) is 0.621. The standard InChI is InChI=1S/C5H4O3/c1-3-2-4(6)5(7)8-3/h2H,1H3. The Morgan fingerprint density at radius 1 is 1.50 bits per heavy atom. The number of cyclic esters (lactones) is 1. The van der Waals surface area contributed by atoms with E-state index in [9.17, 15) is 9.59 Å². The molecular weight excluding hydrogens is 108 g/mol. The van der Waals surface area contributed by atoms with Crippen molar-refractivity contribution in [3.05, 3.63) is 11.8 Å². The molecule has 1 heterocycles. The Morgan fingerprint density at radius 3 is 2.25 bits per heavy atom. The van der Waals surface area contributed by atoms with Crippen LogP contribution in [0.3, 0.4) is 0 Å². The van der Waals surface area contributed by atoms with Gasteiger partial charge in [0, 0.05) is 6.08 Å². The lowest BCUT2D eigenvalue weighted by Gasteiger charge is -1.86. The molecule has 0 atom stereocenters. The van der Waals surface area contributed by atoms with Crippen LogP contribution in [-0.4, -0.2) is 11.8 Å². The van der Waals surface area contributed by atoms with E-state index < -0.39 is 11.8 Å². The van der Waals surface area contributed by atoms with Crippen molar-refractivity contribution >= 4 is 11.8 Å². The smallest absolute Gasteiger partial charge is 0.384 e. The molecule has 0 spiro atoms. The fourth-order valence-corrected chi connectivity index (χ4v) is 0.470. The maximum absolute atomic E-state index is 10.2. The third-order valence-electron chi connectivity index (χ3n) is 0.789. The van der Waals surface area contributed by atoms with Gasteiger partial charge in [0.1, 0.15) is 5.76 Å². The summed E-state index contributed by atoms with van der Waals surface area (Å²) in [6, 6.07) is 0. The normalized spacial score (nSPS) is 18.4. The molecule has 0 saturated carbocycles. The number of hydrogen-bond donors (Lipinski definition) is 0. The minimum absolute atomic E-state index is 0.375. The number of hydrogen-bond acceptors (Lipinski definition) is 3. The summed E-state index contributed by atoms with van der Waals surface area (Å²) in [5, 5.41) is 0. The molecule has 0 bridgehead atoms. The minimum atomic E-state index is -0.775. The van der Waals surface area contributed by atoms with Gasteiger partial charge < -0.3 is 4.74 Å². The highest BCUT2D eigenvalue weighted by atomic mass is 16.5. The predicted octanol–water partition coefficient (Wildman–Crippen LogP) is 0.0161. The minimum Gasteiger partial charge on any atom is -0.425 e. The van der Waals surface area contributed by atoms with Gasteiger partial charge in [0.2, 0.25) is 0 Å². The van der Waals surface area contributed by atoms with Crippen LogP contribution in [0.5, 0.6) is 0 Å². The van der Waals surface area contributed by atoms with Gasteiger partial charge in [-0.15, -0.1) is 0 Å². The highest BCUT2D eigenvalue weighted by molar-refractivity contribution is 6.40. The van der Waals surface area contributed by atoms with Crippen molar-refractivity contribution in [2.75, 3.05) is 0 Å². The first-order valence-corrected chi connectivity index (χ1v) is 2.14. The van der Waals surface area contributed by atoms with Crippen molar-refractivity contribution in [2.24, 2.45) is 0 Å². The van der Waals surface area contributed by atoms with Gasteiger partial charge in [-0.05, 0) is 6.92 Å². The quantitative estimate of drug-likeness (QED) is 0.327. The summed E-state index contributed by atoms with van der Waals surface area (Å²) in [6.45, 7) is 1.56.